The van der Waals surface area contributed by atoms with Crippen molar-refractivity contribution in [3.05, 3.63) is 0 Å². The van der Waals surface area contributed by atoms with Crippen molar-refractivity contribution < 1.29 is 9.53 Å². The van der Waals surface area contributed by atoms with Gasteiger partial charge in [-0.15, -0.1) is 0 Å². The van der Waals surface area contributed by atoms with E-state index in [1.54, 1.807) is 7.11 Å². The molecule has 0 aromatic carbocycles. The Bertz CT molecular complexity index is 344. The minimum Gasteiger partial charge on any atom is -0.377 e. The molecular weight excluding hydrogens is 266 g/mol. The van der Waals surface area contributed by atoms with Crippen molar-refractivity contribution in [3.8, 4) is 0 Å². The molecule has 0 spiro atoms. The molecule has 0 aromatic rings. The molecule has 0 aromatic heterocycles. The van der Waals surface area contributed by atoms with E-state index in [0.29, 0.717) is 13.0 Å². The number of nitrogens with zero attached hydrogens (tertiary/aromatic N) is 2. The lowest BCUT2D eigenvalue weighted by Crippen LogP contribution is -2.54. The van der Waals surface area contributed by atoms with Crippen LogP contribution in [0.4, 0.5) is 0 Å². The number of amides is 1. The van der Waals surface area contributed by atoms with Gasteiger partial charge in [-0.1, -0.05) is 0 Å². The van der Waals surface area contributed by atoms with Gasteiger partial charge in [0.15, 0.2) is 0 Å². The molecule has 0 bridgehead atoms. The lowest BCUT2D eigenvalue weighted by Gasteiger charge is -2.43. The number of piperidine rings is 2. The third-order valence-corrected chi connectivity index (χ3v) is 5.09. The number of rotatable bonds is 5. The topological polar surface area (TPSA) is 58.8 Å². The predicted molar refractivity (Wildman–Crippen MR) is 84.1 cm³/mol. The van der Waals surface area contributed by atoms with Crippen molar-refractivity contribution in [2.24, 2.45) is 5.73 Å². The molecule has 2 aliphatic heterocycles. The summed E-state index contributed by atoms with van der Waals surface area (Å²) in [4.78, 5) is 16.8. The van der Waals surface area contributed by atoms with Gasteiger partial charge in [0, 0.05) is 45.8 Å². The number of carbonyl (C=O) groups is 1. The standard InChI is InChI=1S/C16H31N3O2/c1-16(21-2)7-6-10-19(13-16)14(12-17)11-15(20)18-8-4-3-5-9-18/h14H,3-13,17H2,1-2H3. The van der Waals surface area contributed by atoms with Crippen LogP contribution in [0.2, 0.25) is 0 Å². The molecule has 2 aliphatic rings. The van der Waals surface area contributed by atoms with E-state index in [4.69, 9.17) is 10.5 Å². The van der Waals surface area contributed by atoms with Gasteiger partial charge in [-0.05, 0) is 45.6 Å². The fourth-order valence-electron chi connectivity index (χ4n) is 3.56. The van der Waals surface area contributed by atoms with Gasteiger partial charge in [0.05, 0.1) is 5.60 Å². The van der Waals surface area contributed by atoms with Gasteiger partial charge in [-0.25, -0.2) is 0 Å². The summed E-state index contributed by atoms with van der Waals surface area (Å²) >= 11 is 0. The quantitative estimate of drug-likeness (QED) is 0.829. The van der Waals surface area contributed by atoms with Crippen LogP contribution in [0, 0.1) is 0 Å². The Kier molecular flexibility index (Phi) is 6.02. The Labute approximate surface area is 128 Å². The van der Waals surface area contributed by atoms with Crippen LogP contribution in [-0.4, -0.2) is 67.2 Å². The van der Waals surface area contributed by atoms with E-state index >= 15 is 0 Å². The van der Waals surface area contributed by atoms with Gasteiger partial charge in [0.2, 0.25) is 5.91 Å². The predicted octanol–water partition coefficient (Wildman–Crippen LogP) is 1.22. The largest absolute Gasteiger partial charge is 0.377 e. The highest BCUT2D eigenvalue weighted by atomic mass is 16.5. The summed E-state index contributed by atoms with van der Waals surface area (Å²) in [6.45, 7) is 6.43. The maximum Gasteiger partial charge on any atom is 0.224 e. The second-order valence-electron chi connectivity index (χ2n) is 6.76. The molecule has 2 heterocycles. The van der Waals surface area contributed by atoms with Crippen LogP contribution in [0.5, 0.6) is 0 Å². The Morgan fingerprint density at radius 2 is 1.95 bits per heavy atom. The molecule has 5 nitrogen and oxygen atoms in total. The van der Waals surface area contributed by atoms with Crippen molar-refractivity contribution >= 4 is 5.91 Å². The lowest BCUT2D eigenvalue weighted by molar-refractivity contribution is -0.134. The molecule has 122 valence electrons. The number of ether oxygens (including phenoxy) is 1. The normalized spacial score (nSPS) is 29.4. The lowest BCUT2D eigenvalue weighted by atomic mass is 9.93. The first-order valence-corrected chi connectivity index (χ1v) is 8.35. The Balaban J connectivity index is 1.91. The second kappa shape index (κ2) is 7.56. The summed E-state index contributed by atoms with van der Waals surface area (Å²) < 4.78 is 5.65. The molecule has 2 saturated heterocycles. The van der Waals surface area contributed by atoms with E-state index < -0.39 is 0 Å². The summed E-state index contributed by atoms with van der Waals surface area (Å²) in [5.41, 5.74) is 5.86. The fraction of sp³-hybridized carbons (Fsp3) is 0.938. The smallest absolute Gasteiger partial charge is 0.224 e. The van der Waals surface area contributed by atoms with Crippen LogP contribution in [0.3, 0.4) is 0 Å². The molecule has 0 saturated carbocycles. The van der Waals surface area contributed by atoms with E-state index in [0.717, 1.165) is 51.9 Å². The zero-order valence-electron chi connectivity index (χ0n) is 13.6. The van der Waals surface area contributed by atoms with Gasteiger partial charge >= 0.3 is 0 Å². The van der Waals surface area contributed by atoms with Gasteiger partial charge < -0.3 is 15.4 Å². The number of hydrogen-bond donors (Lipinski definition) is 1. The van der Waals surface area contributed by atoms with Gasteiger partial charge in [-0.3, -0.25) is 9.69 Å². The van der Waals surface area contributed by atoms with Gasteiger partial charge in [0.1, 0.15) is 0 Å². The molecule has 0 aliphatic carbocycles. The van der Waals surface area contributed by atoms with Crippen molar-refractivity contribution in [1.82, 2.24) is 9.80 Å². The molecule has 1 amide bonds. The van der Waals surface area contributed by atoms with Crippen LogP contribution >= 0.6 is 0 Å². The van der Waals surface area contributed by atoms with Gasteiger partial charge in [0.25, 0.3) is 0 Å². The molecule has 5 heteroatoms. The molecule has 2 fully saturated rings. The molecule has 2 N–H and O–H groups in total. The first-order valence-electron chi connectivity index (χ1n) is 8.35. The summed E-state index contributed by atoms with van der Waals surface area (Å²) in [6, 6.07) is 0.147. The monoisotopic (exact) mass is 297 g/mol. The van der Waals surface area contributed by atoms with Crippen LogP contribution in [-0.2, 0) is 9.53 Å². The first-order chi connectivity index (χ1) is 10.1. The van der Waals surface area contributed by atoms with E-state index in [2.05, 4.69) is 11.8 Å². The SMILES string of the molecule is COC1(C)CCCN(C(CN)CC(=O)N2CCCCC2)C1. The number of likely N-dealkylation sites (tertiary alicyclic amines) is 2. The highest BCUT2D eigenvalue weighted by molar-refractivity contribution is 5.77. The zero-order valence-corrected chi connectivity index (χ0v) is 13.6. The van der Waals surface area contributed by atoms with Crippen LogP contribution in [0.15, 0.2) is 0 Å². The second-order valence-corrected chi connectivity index (χ2v) is 6.76. The van der Waals surface area contributed by atoms with Crippen molar-refractivity contribution in [2.75, 3.05) is 39.8 Å². The van der Waals surface area contributed by atoms with E-state index in [1.807, 2.05) is 4.90 Å². The highest BCUT2D eigenvalue weighted by Crippen LogP contribution is 2.26. The Morgan fingerprint density at radius 1 is 1.24 bits per heavy atom. The van der Waals surface area contributed by atoms with Crippen LogP contribution in [0.25, 0.3) is 0 Å². The van der Waals surface area contributed by atoms with E-state index in [-0.39, 0.29) is 17.6 Å². The molecule has 2 unspecified atom stereocenters. The summed E-state index contributed by atoms with van der Waals surface area (Å²) in [5, 5.41) is 0. The zero-order chi connectivity index (χ0) is 15.3. The fourth-order valence-corrected chi connectivity index (χ4v) is 3.56. The third kappa shape index (κ3) is 4.41. The number of methoxy groups -OCH3 is 1. The van der Waals surface area contributed by atoms with E-state index in [1.165, 1.54) is 6.42 Å². The maximum absolute atomic E-state index is 12.5. The minimum atomic E-state index is -0.0974. The van der Waals surface area contributed by atoms with Gasteiger partial charge in [-0.2, -0.15) is 0 Å². The number of hydrogen-bond acceptors (Lipinski definition) is 4. The van der Waals surface area contributed by atoms with Crippen LogP contribution in [0.1, 0.15) is 45.4 Å². The molecule has 0 radical (unpaired) electrons. The third-order valence-electron chi connectivity index (χ3n) is 5.09. The maximum atomic E-state index is 12.5. The average molecular weight is 297 g/mol. The Hall–Kier alpha value is -0.650. The minimum absolute atomic E-state index is 0.0974. The molecule has 2 rings (SSSR count). The van der Waals surface area contributed by atoms with Crippen molar-refractivity contribution in [1.29, 1.82) is 0 Å². The highest BCUT2D eigenvalue weighted by Gasteiger charge is 2.34. The number of nitrogens with two attached hydrogens (primary N) is 1. The first kappa shape index (κ1) is 16.7. The van der Waals surface area contributed by atoms with Crippen molar-refractivity contribution in [3.63, 3.8) is 0 Å². The molecule has 21 heavy (non-hydrogen) atoms. The van der Waals surface area contributed by atoms with E-state index in [9.17, 15) is 4.79 Å². The average Bonchev–Trinajstić information content (AvgIpc) is 2.53. The summed E-state index contributed by atoms with van der Waals surface area (Å²) in [7, 11) is 1.78. The van der Waals surface area contributed by atoms with Crippen LogP contribution < -0.4 is 5.73 Å². The summed E-state index contributed by atoms with van der Waals surface area (Å²) in [6.07, 6.45) is 6.28. The van der Waals surface area contributed by atoms with Crippen molar-refractivity contribution in [2.45, 2.75) is 57.1 Å². The Morgan fingerprint density at radius 3 is 2.57 bits per heavy atom. The molecule has 2 atom stereocenters. The summed E-state index contributed by atoms with van der Waals surface area (Å²) in [5.74, 6) is 0.273. The number of carbonyl (C=O) groups excluding carboxylic acids is 1. The molecular formula is C16H31N3O2.